The summed E-state index contributed by atoms with van der Waals surface area (Å²) < 4.78 is 5.46. The van der Waals surface area contributed by atoms with Gasteiger partial charge in [0.1, 0.15) is 0 Å². The highest BCUT2D eigenvalue weighted by Crippen LogP contribution is 2.39. The zero-order valence-electron chi connectivity index (χ0n) is 13.4. The number of morpholine rings is 1. The fourth-order valence-corrected chi connectivity index (χ4v) is 4.12. The van der Waals surface area contributed by atoms with Gasteiger partial charge in [0.15, 0.2) is 0 Å². The van der Waals surface area contributed by atoms with Gasteiger partial charge in [0.25, 0.3) is 0 Å². The SMILES string of the molecule is Cl.O=C(O)[C@H](c1ccccc1)C1CCCCC1N1CCOCC1. The highest BCUT2D eigenvalue weighted by Gasteiger charge is 2.39. The first kappa shape index (κ1) is 18.2. The molecule has 0 bridgehead atoms. The van der Waals surface area contributed by atoms with Gasteiger partial charge in [0.2, 0.25) is 0 Å². The molecule has 1 N–H and O–H groups in total. The molecule has 0 spiro atoms. The number of halogens is 1. The third-order valence-corrected chi connectivity index (χ3v) is 5.15. The molecule has 128 valence electrons. The summed E-state index contributed by atoms with van der Waals surface area (Å²) in [5.41, 5.74) is 0.945. The minimum atomic E-state index is -0.684. The van der Waals surface area contributed by atoms with Gasteiger partial charge >= 0.3 is 5.97 Å². The minimum absolute atomic E-state index is 0. The Morgan fingerprint density at radius 1 is 1.13 bits per heavy atom. The maximum Gasteiger partial charge on any atom is 0.311 e. The Balaban J connectivity index is 0.00000192. The topological polar surface area (TPSA) is 49.8 Å². The second-order valence-electron chi connectivity index (χ2n) is 6.39. The van der Waals surface area contributed by atoms with Crippen molar-refractivity contribution in [2.45, 2.75) is 37.6 Å². The van der Waals surface area contributed by atoms with Gasteiger partial charge in [-0.15, -0.1) is 12.4 Å². The molecule has 5 heteroatoms. The van der Waals surface area contributed by atoms with Gasteiger partial charge in [0, 0.05) is 19.1 Å². The van der Waals surface area contributed by atoms with Crippen molar-refractivity contribution in [2.24, 2.45) is 5.92 Å². The highest BCUT2D eigenvalue weighted by atomic mass is 35.5. The Hall–Kier alpha value is -1.10. The van der Waals surface area contributed by atoms with Gasteiger partial charge in [-0.2, -0.15) is 0 Å². The van der Waals surface area contributed by atoms with Crippen LogP contribution in [0.25, 0.3) is 0 Å². The van der Waals surface area contributed by atoms with Gasteiger partial charge in [-0.3, -0.25) is 9.69 Å². The first-order valence-corrected chi connectivity index (χ1v) is 8.37. The Kier molecular flexibility index (Phi) is 6.88. The van der Waals surface area contributed by atoms with E-state index in [2.05, 4.69) is 4.90 Å². The van der Waals surface area contributed by atoms with Crippen LogP contribution in [-0.4, -0.2) is 48.3 Å². The summed E-state index contributed by atoms with van der Waals surface area (Å²) in [5, 5.41) is 9.85. The summed E-state index contributed by atoms with van der Waals surface area (Å²) in [5.74, 6) is -0.877. The normalized spacial score (nSPS) is 27.0. The van der Waals surface area contributed by atoms with Crippen LogP contribution in [0.5, 0.6) is 0 Å². The van der Waals surface area contributed by atoms with Crippen molar-refractivity contribution in [3.63, 3.8) is 0 Å². The Labute approximate surface area is 144 Å². The maximum absolute atomic E-state index is 12.0. The fraction of sp³-hybridized carbons (Fsp3) is 0.611. The lowest BCUT2D eigenvalue weighted by Gasteiger charge is -2.43. The molecule has 23 heavy (non-hydrogen) atoms. The molecule has 1 aromatic rings. The molecule has 1 aromatic carbocycles. The van der Waals surface area contributed by atoms with E-state index < -0.39 is 11.9 Å². The van der Waals surface area contributed by atoms with Gasteiger partial charge in [0.05, 0.1) is 19.1 Å². The van der Waals surface area contributed by atoms with Gasteiger partial charge in [-0.25, -0.2) is 0 Å². The van der Waals surface area contributed by atoms with Gasteiger partial charge in [-0.1, -0.05) is 43.2 Å². The molecule has 1 saturated heterocycles. The number of rotatable bonds is 4. The Morgan fingerprint density at radius 2 is 1.78 bits per heavy atom. The predicted molar refractivity (Wildman–Crippen MR) is 92.2 cm³/mol. The molecule has 1 aliphatic carbocycles. The quantitative estimate of drug-likeness (QED) is 0.915. The average Bonchev–Trinajstić information content (AvgIpc) is 2.57. The van der Waals surface area contributed by atoms with E-state index in [0.717, 1.165) is 51.1 Å². The number of nitrogens with zero attached hydrogens (tertiary/aromatic N) is 1. The van der Waals surface area contributed by atoms with Crippen molar-refractivity contribution in [1.29, 1.82) is 0 Å². The molecule has 1 saturated carbocycles. The summed E-state index contributed by atoms with van der Waals surface area (Å²) in [6.45, 7) is 3.41. The van der Waals surface area contributed by atoms with Crippen molar-refractivity contribution in [3.8, 4) is 0 Å². The van der Waals surface area contributed by atoms with E-state index in [1.54, 1.807) is 0 Å². The number of carbonyl (C=O) groups is 1. The number of hydrogen-bond acceptors (Lipinski definition) is 3. The van der Waals surface area contributed by atoms with E-state index in [9.17, 15) is 9.90 Å². The molecule has 2 unspecified atom stereocenters. The summed E-state index contributed by atoms with van der Waals surface area (Å²) in [7, 11) is 0. The smallest absolute Gasteiger partial charge is 0.311 e. The van der Waals surface area contributed by atoms with Crippen LogP contribution in [0.4, 0.5) is 0 Å². The molecule has 3 rings (SSSR count). The highest BCUT2D eigenvalue weighted by molar-refractivity contribution is 5.85. The summed E-state index contributed by atoms with van der Waals surface area (Å²) in [6.07, 6.45) is 4.47. The largest absolute Gasteiger partial charge is 0.481 e. The van der Waals surface area contributed by atoms with E-state index >= 15 is 0 Å². The van der Waals surface area contributed by atoms with Crippen molar-refractivity contribution in [1.82, 2.24) is 4.90 Å². The number of aliphatic carboxylic acids is 1. The van der Waals surface area contributed by atoms with Gasteiger partial charge < -0.3 is 9.84 Å². The third kappa shape index (κ3) is 4.25. The van der Waals surface area contributed by atoms with Crippen molar-refractivity contribution >= 4 is 18.4 Å². The van der Waals surface area contributed by atoms with Crippen molar-refractivity contribution in [3.05, 3.63) is 35.9 Å². The van der Waals surface area contributed by atoms with E-state index in [4.69, 9.17) is 4.74 Å². The zero-order chi connectivity index (χ0) is 15.4. The molecule has 1 aliphatic heterocycles. The summed E-state index contributed by atoms with van der Waals surface area (Å²) >= 11 is 0. The van der Waals surface area contributed by atoms with Crippen LogP contribution in [-0.2, 0) is 9.53 Å². The maximum atomic E-state index is 12.0. The number of carboxylic acid groups (broad SMARTS) is 1. The standard InChI is InChI=1S/C18H25NO3.ClH/c20-18(21)17(14-6-2-1-3-7-14)15-8-4-5-9-16(15)19-10-12-22-13-11-19;/h1-3,6-7,15-17H,4-5,8-13H2,(H,20,21);1H/t15?,16?,17-;/m1./s1. The zero-order valence-corrected chi connectivity index (χ0v) is 14.2. The van der Waals surface area contributed by atoms with Crippen LogP contribution in [0.3, 0.4) is 0 Å². The lowest BCUT2D eigenvalue weighted by molar-refractivity contribution is -0.141. The summed E-state index contributed by atoms with van der Waals surface area (Å²) in [6, 6.07) is 10.1. The van der Waals surface area contributed by atoms with Crippen LogP contribution < -0.4 is 0 Å². The van der Waals surface area contributed by atoms with E-state index in [-0.39, 0.29) is 18.3 Å². The van der Waals surface area contributed by atoms with Gasteiger partial charge in [-0.05, 0) is 24.3 Å². The molecule has 0 aromatic heterocycles. The lowest BCUT2D eigenvalue weighted by Crippen LogP contribution is -2.50. The minimum Gasteiger partial charge on any atom is -0.481 e. The first-order valence-electron chi connectivity index (χ1n) is 8.37. The fourth-order valence-electron chi connectivity index (χ4n) is 4.12. The second-order valence-corrected chi connectivity index (χ2v) is 6.39. The Morgan fingerprint density at radius 3 is 2.43 bits per heavy atom. The second kappa shape index (κ2) is 8.67. The Bertz CT molecular complexity index is 490. The molecular formula is C18H26ClNO3. The first-order chi connectivity index (χ1) is 10.8. The van der Waals surface area contributed by atoms with Crippen LogP contribution in [0, 0.1) is 5.92 Å². The predicted octanol–water partition coefficient (Wildman–Crippen LogP) is 3.17. The third-order valence-electron chi connectivity index (χ3n) is 5.15. The number of hydrogen-bond donors (Lipinski definition) is 1. The number of benzene rings is 1. The van der Waals surface area contributed by atoms with Crippen LogP contribution >= 0.6 is 12.4 Å². The lowest BCUT2D eigenvalue weighted by atomic mass is 9.73. The molecule has 2 aliphatic rings. The van der Waals surface area contributed by atoms with E-state index in [1.807, 2.05) is 30.3 Å². The molecule has 4 nitrogen and oxygen atoms in total. The number of carboxylic acids is 1. The van der Waals surface area contributed by atoms with Crippen molar-refractivity contribution < 1.29 is 14.6 Å². The van der Waals surface area contributed by atoms with E-state index in [0.29, 0.717) is 6.04 Å². The molecular weight excluding hydrogens is 314 g/mol. The van der Waals surface area contributed by atoms with E-state index in [1.165, 1.54) is 6.42 Å². The van der Waals surface area contributed by atoms with Crippen LogP contribution in [0.2, 0.25) is 0 Å². The molecule has 0 amide bonds. The molecule has 2 fully saturated rings. The van der Waals surface area contributed by atoms with Crippen LogP contribution in [0.15, 0.2) is 30.3 Å². The molecule has 0 radical (unpaired) electrons. The molecule has 1 heterocycles. The number of ether oxygens (including phenoxy) is 1. The monoisotopic (exact) mass is 339 g/mol. The molecule has 3 atom stereocenters. The van der Waals surface area contributed by atoms with Crippen LogP contribution in [0.1, 0.15) is 37.2 Å². The van der Waals surface area contributed by atoms with Crippen molar-refractivity contribution in [2.75, 3.05) is 26.3 Å². The summed E-state index contributed by atoms with van der Waals surface area (Å²) in [4.78, 5) is 14.4. The average molecular weight is 340 g/mol.